The molecule has 1 aromatic heterocycles. The Hall–Kier alpha value is -1.71. The summed E-state index contributed by atoms with van der Waals surface area (Å²) in [6, 6.07) is 16.9. The van der Waals surface area contributed by atoms with Gasteiger partial charge in [0.2, 0.25) is 0 Å². The number of nitrogens with zero attached hydrogens (tertiary/aromatic N) is 2. The molecule has 126 valence electrons. The smallest absolute Gasteiger partial charge is 0.0951 e. The normalized spacial score (nSPS) is 30.7. The van der Waals surface area contributed by atoms with Gasteiger partial charge in [0.15, 0.2) is 0 Å². The Morgan fingerprint density at radius 3 is 2.62 bits per heavy atom. The van der Waals surface area contributed by atoms with Crippen molar-refractivity contribution in [3.63, 3.8) is 0 Å². The molecule has 2 heterocycles. The molecule has 2 fully saturated rings. The molecule has 0 spiro atoms. The zero-order valence-electron chi connectivity index (χ0n) is 14.1. The number of fused-ring (bicyclic) bond motifs is 1. The third-order valence-electron chi connectivity index (χ3n) is 5.96. The second-order valence-electron chi connectivity index (χ2n) is 7.29. The summed E-state index contributed by atoms with van der Waals surface area (Å²) >= 11 is 0. The highest BCUT2D eigenvalue weighted by molar-refractivity contribution is 5.25. The van der Waals surface area contributed by atoms with Crippen LogP contribution >= 0.6 is 0 Å². The Morgan fingerprint density at radius 2 is 1.83 bits per heavy atom. The molecule has 0 radical (unpaired) electrons. The summed E-state index contributed by atoms with van der Waals surface area (Å²) in [6.45, 7) is 1.83. The first kappa shape index (κ1) is 15.8. The van der Waals surface area contributed by atoms with Crippen molar-refractivity contribution in [1.82, 2.24) is 9.88 Å². The van der Waals surface area contributed by atoms with Gasteiger partial charge < -0.3 is 5.11 Å². The monoisotopic (exact) mass is 322 g/mol. The highest BCUT2D eigenvalue weighted by Crippen LogP contribution is 2.47. The molecular formula is C21H26N2O. The molecule has 2 aliphatic rings. The lowest BCUT2D eigenvalue weighted by Crippen LogP contribution is -2.57. The molecule has 1 aromatic carbocycles. The summed E-state index contributed by atoms with van der Waals surface area (Å²) in [6.07, 6.45) is 7.49. The maximum Gasteiger partial charge on any atom is 0.0951 e. The van der Waals surface area contributed by atoms with Crippen molar-refractivity contribution in [2.45, 2.75) is 50.3 Å². The minimum absolute atomic E-state index is 0.325. The summed E-state index contributed by atoms with van der Waals surface area (Å²) in [4.78, 5) is 7.06. The van der Waals surface area contributed by atoms with E-state index in [2.05, 4.69) is 34.1 Å². The van der Waals surface area contributed by atoms with E-state index in [0.29, 0.717) is 12.0 Å². The maximum atomic E-state index is 11.6. The van der Waals surface area contributed by atoms with E-state index in [9.17, 15) is 5.11 Å². The lowest BCUT2D eigenvalue weighted by molar-refractivity contribution is -0.123. The number of likely N-dealkylation sites (tertiary alicyclic amines) is 1. The number of hydrogen-bond acceptors (Lipinski definition) is 3. The molecular weight excluding hydrogens is 296 g/mol. The Balaban J connectivity index is 1.60. The van der Waals surface area contributed by atoms with Crippen molar-refractivity contribution in [1.29, 1.82) is 0 Å². The molecule has 3 atom stereocenters. The first-order chi connectivity index (χ1) is 11.8. The van der Waals surface area contributed by atoms with Gasteiger partial charge in [-0.1, -0.05) is 49.2 Å². The van der Waals surface area contributed by atoms with E-state index in [1.807, 2.05) is 30.5 Å². The molecule has 3 unspecified atom stereocenters. The second kappa shape index (κ2) is 6.66. The molecule has 1 saturated carbocycles. The number of aliphatic hydroxyl groups is 1. The van der Waals surface area contributed by atoms with Crippen LogP contribution < -0.4 is 0 Å². The van der Waals surface area contributed by atoms with E-state index in [-0.39, 0.29) is 0 Å². The zero-order valence-corrected chi connectivity index (χ0v) is 14.1. The topological polar surface area (TPSA) is 36.4 Å². The van der Waals surface area contributed by atoms with Gasteiger partial charge in [-0.3, -0.25) is 9.88 Å². The molecule has 1 aliphatic carbocycles. The molecule has 4 rings (SSSR count). The number of hydrogen-bond donors (Lipinski definition) is 1. The Kier molecular flexibility index (Phi) is 4.38. The van der Waals surface area contributed by atoms with Crippen LogP contribution in [0.15, 0.2) is 54.7 Å². The van der Waals surface area contributed by atoms with Crippen molar-refractivity contribution in [2.24, 2.45) is 5.92 Å². The van der Waals surface area contributed by atoms with Crippen LogP contribution in [0.2, 0.25) is 0 Å². The average Bonchev–Trinajstić information content (AvgIpc) is 2.66. The molecule has 0 bridgehead atoms. The van der Waals surface area contributed by atoms with Crippen molar-refractivity contribution in [2.75, 3.05) is 6.54 Å². The van der Waals surface area contributed by atoms with E-state index >= 15 is 0 Å². The molecule has 1 N–H and O–H groups in total. The van der Waals surface area contributed by atoms with Gasteiger partial charge >= 0.3 is 0 Å². The predicted molar refractivity (Wildman–Crippen MR) is 95.3 cm³/mol. The largest absolute Gasteiger partial charge is 0.385 e. The van der Waals surface area contributed by atoms with Crippen molar-refractivity contribution in [3.8, 4) is 0 Å². The molecule has 24 heavy (non-hydrogen) atoms. The van der Waals surface area contributed by atoms with E-state index in [1.54, 1.807) is 0 Å². The Labute approximate surface area is 144 Å². The van der Waals surface area contributed by atoms with Crippen LogP contribution in [0.4, 0.5) is 0 Å². The zero-order chi connectivity index (χ0) is 16.4. The minimum atomic E-state index is -0.674. The third kappa shape index (κ3) is 2.87. The van der Waals surface area contributed by atoms with Gasteiger partial charge in [-0.05, 0) is 37.0 Å². The quantitative estimate of drug-likeness (QED) is 0.935. The summed E-state index contributed by atoms with van der Waals surface area (Å²) in [5.74, 6) is 0.325. The van der Waals surface area contributed by atoms with Gasteiger partial charge in [-0.15, -0.1) is 0 Å². The fraction of sp³-hybridized carbons (Fsp3) is 0.476. The average molecular weight is 322 g/mol. The lowest BCUT2D eigenvalue weighted by atomic mass is 9.66. The number of rotatable bonds is 3. The second-order valence-corrected chi connectivity index (χ2v) is 7.29. The van der Waals surface area contributed by atoms with Gasteiger partial charge in [0.25, 0.3) is 0 Å². The third-order valence-corrected chi connectivity index (χ3v) is 5.96. The fourth-order valence-electron chi connectivity index (χ4n) is 4.75. The fourth-order valence-corrected chi connectivity index (χ4v) is 4.75. The summed E-state index contributed by atoms with van der Waals surface area (Å²) < 4.78 is 0. The van der Waals surface area contributed by atoms with Crippen LogP contribution in [0.25, 0.3) is 0 Å². The number of pyridine rings is 1. The molecule has 1 aliphatic heterocycles. The van der Waals surface area contributed by atoms with Crippen LogP contribution in [0, 0.1) is 5.92 Å². The van der Waals surface area contributed by atoms with Crippen LogP contribution in [0.1, 0.15) is 43.4 Å². The number of aromatic nitrogens is 1. The number of benzene rings is 1. The van der Waals surface area contributed by atoms with E-state index in [4.69, 9.17) is 0 Å². The highest BCUT2D eigenvalue weighted by Gasteiger charge is 2.48. The standard InChI is InChI=1S/C21H26N2O/c24-21(17-8-2-1-3-9-17)13-15-23(16-18-10-6-7-14-22-18)20-12-5-4-11-19(20)21/h1-3,6-10,14,19-20,24H,4-5,11-13,15-16H2. The van der Waals surface area contributed by atoms with E-state index in [1.165, 1.54) is 19.3 Å². The van der Waals surface area contributed by atoms with Gasteiger partial charge in [0, 0.05) is 31.2 Å². The molecule has 1 saturated heterocycles. The van der Waals surface area contributed by atoms with Crippen molar-refractivity contribution in [3.05, 3.63) is 66.0 Å². The predicted octanol–water partition coefficient (Wildman–Crippen LogP) is 3.73. The first-order valence-electron chi connectivity index (χ1n) is 9.19. The van der Waals surface area contributed by atoms with Gasteiger partial charge in [-0.25, -0.2) is 0 Å². The van der Waals surface area contributed by atoms with Crippen molar-refractivity contribution >= 4 is 0 Å². The van der Waals surface area contributed by atoms with E-state index < -0.39 is 5.60 Å². The first-order valence-corrected chi connectivity index (χ1v) is 9.19. The van der Waals surface area contributed by atoms with E-state index in [0.717, 1.165) is 37.2 Å². The van der Waals surface area contributed by atoms with Gasteiger partial charge in [0.05, 0.1) is 11.3 Å². The summed E-state index contributed by atoms with van der Waals surface area (Å²) in [7, 11) is 0. The Morgan fingerprint density at radius 1 is 1.04 bits per heavy atom. The van der Waals surface area contributed by atoms with Crippen LogP contribution in [0.3, 0.4) is 0 Å². The van der Waals surface area contributed by atoms with Crippen LogP contribution in [0.5, 0.6) is 0 Å². The SMILES string of the molecule is OC1(c2ccccc2)CCN(Cc2ccccn2)C2CCCCC21. The lowest BCUT2D eigenvalue weighted by Gasteiger charge is -2.52. The van der Waals surface area contributed by atoms with Crippen molar-refractivity contribution < 1.29 is 5.11 Å². The van der Waals surface area contributed by atoms with Crippen LogP contribution in [-0.4, -0.2) is 27.6 Å². The number of piperidine rings is 1. The summed E-state index contributed by atoms with van der Waals surface area (Å²) in [5.41, 5.74) is 1.55. The molecule has 3 nitrogen and oxygen atoms in total. The Bertz CT molecular complexity index is 660. The van der Waals surface area contributed by atoms with Crippen LogP contribution in [-0.2, 0) is 12.1 Å². The minimum Gasteiger partial charge on any atom is -0.385 e. The maximum absolute atomic E-state index is 11.6. The summed E-state index contributed by atoms with van der Waals surface area (Å²) in [5, 5.41) is 11.6. The molecule has 2 aromatic rings. The highest BCUT2D eigenvalue weighted by atomic mass is 16.3. The molecule has 3 heteroatoms. The van der Waals surface area contributed by atoms with Gasteiger partial charge in [-0.2, -0.15) is 0 Å². The molecule has 0 amide bonds. The van der Waals surface area contributed by atoms with Gasteiger partial charge in [0.1, 0.15) is 0 Å².